The van der Waals surface area contributed by atoms with E-state index in [-0.39, 0.29) is 5.82 Å². The number of imidazole rings is 1. The Balaban J connectivity index is 2.16. The van der Waals surface area contributed by atoms with Crippen molar-refractivity contribution in [3.05, 3.63) is 52.8 Å². The third-order valence-electron chi connectivity index (χ3n) is 2.88. The molecular weight excluding hydrogens is 251 g/mol. The van der Waals surface area contributed by atoms with E-state index in [0.29, 0.717) is 5.52 Å². The Morgan fingerprint density at radius 3 is 2.78 bits per heavy atom. The molecule has 4 heteroatoms. The maximum absolute atomic E-state index is 13.1. The SMILES string of the molecule is Cc1cc(-c2nc3ccc(F)cc3[nH]2)ccc1Cl. The summed E-state index contributed by atoms with van der Waals surface area (Å²) in [5.74, 6) is 0.445. The number of aromatic nitrogens is 2. The first-order chi connectivity index (χ1) is 8.63. The summed E-state index contributed by atoms with van der Waals surface area (Å²) in [5.41, 5.74) is 3.37. The minimum Gasteiger partial charge on any atom is -0.338 e. The number of H-pyrrole nitrogens is 1. The highest BCUT2D eigenvalue weighted by molar-refractivity contribution is 6.31. The summed E-state index contributed by atoms with van der Waals surface area (Å²) in [6.07, 6.45) is 0. The van der Waals surface area contributed by atoms with E-state index in [1.807, 2.05) is 25.1 Å². The van der Waals surface area contributed by atoms with Gasteiger partial charge in [0.25, 0.3) is 0 Å². The number of fused-ring (bicyclic) bond motifs is 1. The van der Waals surface area contributed by atoms with E-state index in [2.05, 4.69) is 9.97 Å². The molecule has 3 rings (SSSR count). The number of rotatable bonds is 1. The van der Waals surface area contributed by atoms with Crippen LogP contribution >= 0.6 is 11.6 Å². The Bertz CT molecular complexity index is 734. The quantitative estimate of drug-likeness (QED) is 0.693. The first kappa shape index (κ1) is 11.2. The van der Waals surface area contributed by atoms with Gasteiger partial charge in [-0.25, -0.2) is 9.37 Å². The van der Waals surface area contributed by atoms with Crippen LogP contribution in [0.25, 0.3) is 22.4 Å². The molecule has 0 atom stereocenters. The minimum absolute atomic E-state index is 0.273. The van der Waals surface area contributed by atoms with E-state index in [1.54, 1.807) is 6.07 Å². The molecular formula is C14H10ClFN2. The molecule has 0 spiro atoms. The number of aromatic amines is 1. The van der Waals surface area contributed by atoms with Gasteiger partial charge in [0.05, 0.1) is 11.0 Å². The lowest BCUT2D eigenvalue weighted by molar-refractivity contribution is 0.629. The smallest absolute Gasteiger partial charge is 0.138 e. The lowest BCUT2D eigenvalue weighted by Gasteiger charge is -2.00. The third kappa shape index (κ3) is 1.87. The third-order valence-corrected chi connectivity index (χ3v) is 3.30. The zero-order valence-corrected chi connectivity index (χ0v) is 10.4. The van der Waals surface area contributed by atoms with Crippen molar-refractivity contribution in [2.24, 2.45) is 0 Å². The predicted molar refractivity (Wildman–Crippen MR) is 71.2 cm³/mol. The Hall–Kier alpha value is -1.87. The van der Waals surface area contributed by atoms with Gasteiger partial charge in [-0.05, 0) is 48.9 Å². The van der Waals surface area contributed by atoms with Crippen molar-refractivity contribution in [2.45, 2.75) is 6.92 Å². The Morgan fingerprint density at radius 1 is 1.17 bits per heavy atom. The van der Waals surface area contributed by atoms with Crippen LogP contribution in [0.3, 0.4) is 0 Å². The highest BCUT2D eigenvalue weighted by atomic mass is 35.5. The molecule has 1 aromatic heterocycles. The van der Waals surface area contributed by atoms with Crippen molar-refractivity contribution in [2.75, 3.05) is 0 Å². The molecule has 0 fully saturated rings. The van der Waals surface area contributed by atoms with Gasteiger partial charge in [-0.1, -0.05) is 11.6 Å². The molecule has 2 nitrogen and oxygen atoms in total. The van der Waals surface area contributed by atoms with E-state index in [9.17, 15) is 4.39 Å². The van der Waals surface area contributed by atoms with Crippen LogP contribution in [0.1, 0.15) is 5.56 Å². The number of halogens is 2. The summed E-state index contributed by atoms with van der Waals surface area (Å²) in [6.45, 7) is 1.94. The van der Waals surface area contributed by atoms with Crippen molar-refractivity contribution in [3.8, 4) is 11.4 Å². The van der Waals surface area contributed by atoms with Gasteiger partial charge < -0.3 is 4.98 Å². The first-order valence-corrected chi connectivity index (χ1v) is 5.93. The molecule has 0 unspecified atom stereocenters. The van der Waals surface area contributed by atoms with Gasteiger partial charge in [0, 0.05) is 10.6 Å². The lowest BCUT2D eigenvalue weighted by Crippen LogP contribution is -1.82. The van der Waals surface area contributed by atoms with Crippen molar-refractivity contribution in [1.29, 1.82) is 0 Å². The Labute approximate surface area is 108 Å². The largest absolute Gasteiger partial charge is 0.338 e. The molecule has 0 radical (unpaired) electrons. The Morgan fingerprint density at radius 2 is 2.00 bits per heavy atom. The second-order valence-corrected chi connectivity index (χ2v) is 4.62. The molecule has 0 amide bonds. The second kappa shape index (κ2) is 4.10. The molecule has 0 bridgehead atoms. The van der Waals surface area contributed by atoms with Crippen molar-refractivity contribution < 1.29 is 4.39 Å². The van der Waals surface area contributed by atoms with Crippen molar-refractivity contribution in [3.63, 3.8) is 0 Å². The molecule has 0 saturated heterocycles. The van der Waals surface area contributed by atoms with Gasteiger partial charge in [0.2, 0.25) is 0 Å². The van der Waals surface area contributed by atoms with Crippen LogP contribution in [-0.4, -0.2) is 9.97 Å². The fourth-order valence-corrected chi connectivity index (χ4v) is 2.03. The summed E-state index contributed by atoms with van der Waals surface area (Å²) < 4.78 is 13.1. The van der Waals surface area contributed by atoms with E-state index in [4.69, 9.17) is 11.6 Å². The lowest BCUT2D eigenvalue weighted by atomic mass is 10.1. The number of aryl methyl sites for hydroxylation is 1. The zero-order chi connectivity index (χ0) is 12.7. The highest BCUT2D eigenvalue weighted by Crippen LogP contribution is 2.25. The Kier molecular flexibility index (Phi) is 2.56. The fraction of sp³-hybridized carbons (Fsp3) is 0.0714. The zero-order valence-electron chi connectivity index (χ0n) is 9.67. The van der Waals surface area contributed by atoms with Crippen LogP contribution in [0, 0.1) is 12.7 Å². The summed E-state index contributed by atoms with van der Waals surface area (Å²) in [5, 5.41) is 0.723. The summed E-state index contributed by atoms with van der Waals surface area (Å²) in [6, 6.07) is 10.2. The molecule has 2 aromatic carbocycles. The van der Waals surface area contributed by atoms with Crippen LogP contribution in [-0.2, 0) is 0 Å². The average Bonchev–Trinajstić information content (AvgIpc) is 2.75. The number of hydrogen-bond donors (Lipinski definition) is 1. The molecule has 0 aliphatic heterocycles. The average molecular weight is 261 g/mol. The molecule has 3 aromatic rings. The second-order valence-electron chi connectivity index (χ2n) is 4.21. The maximum Gasteiger partial charge on any atom is 0.138 e. The molecule has 0 aliphatic rings. The molecule has 1 heterocycles. The molecule has 1 N–H and O–H groups in total. The van der Waals surface area contributed by atoms with Crippen LogP contribution in [0.5, 0.6) is 0 Å². The van der Waals surface area contributed by atoms with Gasteiger partial charge in [0.15, 0.2) is 0 Å². The van der Waals surface area contributed by atoms with Crippen molar-refractivity contribution in [1.82, 2.24) is 9.97 Å². The van der Waals surface area contributed by atoms with Crippen molar-refractivity contribution >= 4 is 22.6 Å². The summed E-state index contributed by atoms with van der Waals surface area (Å²) >= 11 is 5.99. The monoisotopic (exact) mass is 260 g/mol. The normalized spacial score (nSPS) is 11.1. The van der Waals surface area contributed by atoms with E-state index in [0.717, 1.165) is 27.5 Å². The maximum atomic E-state index is 13.1. The predicted octanol–water partition coefficient (Wildman–Crippen LogP) is 4.33. The minimum atomic E-state index is -0.273. The van der Waals surface area contributed by atoms with Gasteiger partial charge in [-0.15, -0.1) is 0 Å². The standard InChI is InChI=1S/C14H10ClFN2/c1-8-6-9(2-4-11(8)15)14-17-12-5-3-10(16)7-13(12)18-14/h2-7H,1H3,(H,17,18). The number of nitrogens with zero attached hydrogens (tertiary/aromatic N) is 1. The fourth-order valence-electron chi connectivity index (χ4n) is 1.91. The van der Waals surface area contributed by atoms with Crippen LogP contribution < -0.4 is 0 Å². The molecule has 0 saturated carbocycles. The van der Waals surface area contributed by atoms with Gasteiger partial charge >= 0.3 is 0 Å². The number of nitrogens with one attached hydrogen (secondary N) is 1. The van der Waals surface area contributed by atoms with Crippen LogP contribution in [0.2, 0.25) is 5.02 Å². The number of hydrogen-bond acceptors (Lipinski definition) is 1. The molecule has 0 aliphatic carbocycles. The molecule has 18 heavy (non-hydrogen) atoms. The van der Waals surface area contributed by atoms with E-state index in [1.165, 1.54) is 12.1 Å². The summed E-state index contributed by atoms with van der Waals surface area (Å²) in [4.78, 5) is 7.53. The van der Waals surface area contributed by atoms with Crippen LogP contribution in [0.4, 0.5) is 4.39 Å². The van der Waals surface area contributed by atoms with E-state index >= 15 is 0 Å². The van der Waals surface area contributed by atoms with Gasteiger partial charge in [-0.2, -0.15) is 0 Å². The molecule has 90 valence electrons. The topological polar surface area (TPSA) is 28.7 Å². The van der Waals surface area contributed by atoms with Gasteiger partial charge in [-0.3, -0.25) is 0 Å². The van der Waals surface area contributed by atoms with Gasteiger partial charge in [0.1, 0.15) is 11.6 Å². The van der Waals surface area contributed by atoms with Crippen LogP contribution in [0.15, 0.2) is 36.4 Å². The highest BCUT2D eigenvalue weighted by Gasteiger charge is 2.07. The van der Waals surface area contributed by atoms with E-state index < -0.39 is 0 Å². The number of benzene rings is 2. The summed E-state index contributed by atoms with van der Waals surface area (Å²) in [7, 11) is 0. The first-order valence-electron chi connectivity index (χ1n) is 5.55.